The molecule has 0 unspecified atom stereocenters. The Hall–Kier alpha value is -3.70. The third-order valence-corrected chi connectivity index (χ3v) is 8.05. The van der Waals surface area contributed by atoms with Crippen LogP contribution in [0.4, 0.5) is 10.5 Å². The average Bonchev–Trinajstić information content (AvgIpc) is 3.36. The first-order valence-electron chi connectivity index (χ1n) is 11.3. The lowest BCUT2D eigenvalue weighted by atomic mass is 10.1. The van der Waals surface area contributed by atoms with E-state index in [-0.39, 0.29) is 4.90 Å². The Labute approximate surface area is 203 Å². The number of benzene rings is 2. The number of rotatable bonds is 9. The van der Waals surface area contributed by atoms with Crippen LogP contribution in [0.25, 0.3) is 10.9 Å². The van der Waals surface area contributed by atoms with Crippen LogP contribution in [0.3, 0.4) is 0 Å². The molecule has 1 fully saturated rings. The van der Waals surface area contributed by atoms with Crippen molar-refractivity contribution in [3.05, 3.63) is 60.3 Å². The molecular formula is C24H27N5O5S. The summed E-state index contributed by atoms with van der Waals surface area (Å²) in [5.41, 5.74) is 2.19. The standard InChI is InChI=1S/C24H27N5O5S/c1-3-28(4-2)35(33,34)18-11-9-17(10-12-18)26-22(30)15-29-23(31)21(27-24(29)32)13-16-14-25-20-8-6-5-7-19(16)20/h5-12,14,21,25H,3-4,13,15H2,1-2H3,(H,26,30)(H,27,32)/t21-/m0/s1. The number of nitrogens with zero attached hydrogens (tertiary/aromatic N) is 2. The summed E-state index contributed by atoms with van der Waals surface area (Å²) >= 11 is 0. The fourth-order valence-corrected chi connectivity index (χ4v) is 5.61. The first kappa shape index (κ1) is 24.4. The molecule has 2 heterocycles. The molecule has 1 aliphatic heterocycles. The number of urea groups is 1. The normalized spacial score (nSPS) is 16.2. The molecule has 0 spiro atoms. The third-order valence-electron chi connectivity index (χ3n) is 5.99. The van der Waals surface area contributed by atoms with E-state index in [1.54, 1.807) is 13.8 Å². The lowest BCUT2D eigenvalue weighted by Crippen LogP contribution is -2.38. The lowest BCUT2D eigenvalue weighted by molar-refractivity contribution is -0.130. The number of carbonyl (C=O) groups is 3. The summed E-state index contributed by atoms with van der Waals surface area (Å²) in [6.07, 6.45) is 2.11. The summed E-state index contributed by atoms with van der Waals surface area (Å²) in [5, 5.41) is 6.22. The summed E-state index contributed by atoms with van der Waals surface area (Å²) in [6, 6.07) is 12.0. The zero-order chi connectivity index (χ0) is 25.2. The maximum atomic E-state index is 12.8. The molecule has 11 heteroatoms. The van der Waals surface area contributed by atoms with Gasteiger partial charge >= 0.3 is 6.03 Å². The Morgan fingerprint density at radius 2 is 1.74 bits per heavy atom. The van der Waals surface area contributed by atoms with E-state index in [1.807, 2.05) is 30.5 Å². The number of aromatic nitrogens is 1. The molecule has 0 saturated carbocycles. The molecule has 0 bridgehead atoms. The molecule has 1 atom stereocenters. The van der Waals surface area contributed by atoms with Gasteiger partial charge in [0.05, 0.1) is 4.90 Å². The molecule has 4 amide bonds. The van der Waals surface area contributed by atoms with Gasteiger partial charge in [-0.25, -0.2) is 13.2 Å². The number of nitrogens with one attached hydrogen (secondary N) is 3. The van der Waals surface area contributed by atoms with Crippen LogP contribution in [0.1, 0.15) is 19.4 Å². The van der Waals surface area contributed by atoms with Crippen LogP contribution in [-0.2, 0) is 26.0 Å². The first-order chi connectivity index (χ1) is 16.7. The van der Waals surface area contributed by atoms with Crippen LogP contribution in [0, 0.1) is 0 Å². The minimum absolute atomic E-state index is 0.119. The van der Waals surface area contributed by atoms with E-state index in [0.29, 0.717) is 25.2 Å². The largest absolute Gasteiger partial charge is 0.361 e. The molecule has 3 N–H and O–H groups in total. The number of fused-ring (bicyclic) bond motifs is 1. The summed E-state index contributed by atoms with van der Waals surface area (Å²) in [4.78, 5) is 41.9. The maximum Gasteiger partial charge on any atom is 0.325 e. The van der Waals surface area contributed by atoms with Crippen LogP contribution < -0.4 is 10.6 Å². The number of hydrogen-bond donors (Lipinski definition) is 3. The SMILES string of the molecule is CCN(CC)S(=O)(=O)c1ccc(NC(=O)CN2C(=O)N[C@@H](Cc3c[nH]c4ccccc34)C2=O)cc1. The molecule has 4 rings (SSSR count). The fraction of sp³-hybridized carbons (Fsp3) is 0.292. The van der Waals surface area contributed by atoms with Gasteiger partial charge in [0.15, 0.2) is 0 Å². The van der Waals surface area contributed by atoms with Gasteiger partial charge in [-0.3, -0.25) is 14.5 Å². The number of H-pyrrole nitrogens is 1. The summed E-state index contributed by atoms with van der Waals surface area (Å²) in [5.74, 6) is -1.04. The number of imide groups is 1. The highest BCUT2D eigenvalue weighted by molar-refractivity contribution is 7.89. The molecule has 3 aromatic rings. The monoisotopic (exact) mass is 497 g/mol. The van der Waals surface area contributed by atoms with Crippen molar-refractivity contribution in [1.29, 1.82) is 0 Å². The summed E-state index contributed by atoms with van der Waals surface area (Å²) in [6.45, 7) is 3.77. The molecule has 2 aromatic carbocycles. The predicted molar refractivity (Wildman–Crippen MR) is 131 cm³/mol. The summed E-state index contributed by atoms with van der Waals surface area (Å²) < 4.78 is 26.5. The van der Waals surface area contributed by atoms with Gasteiger partial charge in [-0.15, -0.1) is 0 Å². The van der Waals surface area contributed by atoms with Crippen molar-refractivity contribution in [1.82, 2.24) is 19.5 Å². The summed E-state index contributed by atoms with van der Waals surface area (Å²) in [7, 11) is -3.61. The molecular weight excluding hydrogens is 470 g/mol. The Kier molecular flexibility index (Phi) is 6.90. The molecule has 1 aliphatic rings. The van der Waals surface area contributed by atoms with Gasteiger partial charge < -0.3 is 15.6 Å². The highest BCUT2D eigenvalue weighted by Gasteiger charge is 2.39. The molecule has 1 saturated heterocycles. The number of sulfonamides is 1. The van der Waals surface area contributed by atoms with E-state index in [0.717, 1.165) is 21.4 Å². The Bertz CT molecular complexity index is 1360. The molecule has 1 aromatic heterocycles. The lowest BCUT2D eigenvalue weighted by Gasteiger charge is -2.18. The van der Waals surface area contributed by atoms with Crippen LogP contribution >= 0.6 is 0 Å². The van der Waals surface area contributed by atoms with Crippen LogP contribution in [0.2, 0.25) is 0 Å². The second-order valence-corrected chi connectivity index (χ2v) is 10.1. The first-order valence-corrected chi connectivity index (χ1v) is 12.8. The van der Waals surface area contributed by atoms with E-state index in [1.165, 1.54) is 28.6 Å². The fourth-order valence-electron chi connectivity index (χ4n) is 4.15. The van der Waals surface area contributed by atoms with E-state index in [9.17, 15) is 22.8 Å². The van der Waals surface area contributed by atoms with E-state index in [4.69, 9.17) is 0 Å². The second kappa shape index (κ2) is 9.88. The number of hydrogen-bond acceptors (Lipinski definition) is 5. The maximum absolute atomic E-state index is 12.8. The molecule has 184 valence electrons. The van der Waals surface area contributed by atoms with Crippen molar-refractivity contribution in [2.45, 2.75) is 31.2 Å². The zero-order valence-electron chi connectivity index (χ0n) is 19.4. The van der Waals surface area contributed by atoms with Crippen molar-refractivity contribution >= 4 is 44.5 Å². The van der Waals surface area contributed by atoms with E-state index >= 15 is 0 Å². The molecule has 0 aliphatic carbocycles. The average molecular weight is 498 g/mol. The quantitative estimate of drug-likeness (QED) is 0.391. The Morgan fingerprint density at radius 3 is 2.43 bits per heavy atom. The van der Waals surface area contributed by atoms with Gasteiger partial charge in [0, 0.05) is 42.3 Å². The minimum Gasteiger partial charge on any atom is -0.361 e. The van der Waals surface area contributed by atoms with Crippen molar-refractivity contribution in [2.24, 2.45) is 0 Å². The number of anilines is 1. The number of aromatic amines is 1. The highest BCUT2D eigenvalue weighted by Crippen LogP contribution is 2.22. The van der Waals surface area contributed by atoms with Gasteiger partial charge in [-0.2, -0.15) is 4.31 Å². The van der Waals surface area contributed by atoms with Crippen molar-refractivity contribution in [2.75, 3.05) is 25.0 Å². The van der Waals surface area contributed by atoms with Gasteiger partial charge in [-0.1, -0.05) is 32.0 Å². The number of carbonyl (C=O) groups excluding carboxylic acids is 3. The van der Waals surface area contributed by atoms with Gasteiger partial charge in [0.2, 0.25) is 15.9 Å². The third kappa shape index (κ3) is 4.91. The van der Waals surface area contributed by atoms with Crippen molar-refractivity contribution < 1.29 is 22.8 Å². The highest BCUT2D eigenvalue weighted by atomic mass is 32.2. The topological polar surface area (TPSA) is 132 Å². The van der Waals surface area contributed by atoms with Crippen molar-refractivity contribution in [3.8, 4) is 0 Å². The zero-order valence-corrected chi connectivity index (χ0v) is 20.3. The van der Waals surface area contributed by atoms with E-state index in [2.05, 4.69) is 15.6 Å². The second-order valence-electron chi connectivity index (χ2n) is 8.15. The van der Waals surface area contributed by atoms with Gasteiger partial charge in [0.1, 0.15) is 12.6 Å². The predicted octanol–water partition coefficient (Wildman–Crippen LogP) is 2.30. The molecule has 0 radical (unpaired) electrons. The van der Waals surface area contributed by atoms with Crippen LogP contribution in [-0.4, -0.2) is 66.1 Å². The van der Waals surface area contributed by atoms with E-state index < -0.39 is 40.5 Å². The molecule has 10 nitrogen and oxygen atoms in total. The Morgan fingerprint density at radius 1 is 1.06 bits per heavy atom. The molecule has 35 heavy (non-hydrogen) atoms. The number of amides is 4. The van der Waals surface area contributed by atoms with Crippen LogP contribution in [0.15, 0.2) is 59.6 Å². The van der Waals surface area contributed by atoms with Gasteiger partial charge in [0.25, 0.3) is 5.91 Å². The minimum atomic E-state index is -3.61. The van der Waals surface area contributed by atoms with Crippen LogP contribution in [0.5, 0.6) is 0 Å². The van der Waals surface area contributed by atoms with Crippen molar-refractivity contribution in [3.63, 3.8) is 0 Å². The van der Waals surface area contributed by atoms with Gasteiger partial charge in [-0.05, 0) is 35.9 Å². The Balaban J connectivity index is 1.38. The number of para-hydroxylation sites is 1. The smallest absolute Gasteiger partial charge is 0.325 e.